The highest BCUT2D eigenvalue weighted by Gasteiger charge is 2.44. The second-order valence-electron chi connectivity index (χ2n) is 14.5. The molecule has 0 amide bonds. The number of allylic oxidation sites excluding steroid dienone is 5. The predicted molar refractivity (Wildman–Crippen MR) is 204 cm³/mol. The molecule has 8 rings (SSSR count). The van der Waals surface area contributed by atoms with Gasteiger partial charge in [-0.1, -0.05) is 93.3 Å². The normalized spacial score (nSPS) is 19.3. The third-order valence-corrected chi connectivity index (χ3v) is 11.4. The molecule has 244 valence electrons. The molecular formula is C45H48N2O. The number of rotatable bonds is 8. The van der Waals surface area contributed by atoms with Crippen molar-refractivity contribution >= 4 is 33.8 Å². The topological polar surface area (TPSA) is 15.7 Å². The number of hydrogen-bond acceptors (Lipinski definition) is 3. The molecule has 3 heterocycles. The van der Waals surface area contributed by atoms with E-state index >= 15 is 0 Å². The van der Waals surface area contributed by atoms with Crippen molar-refractivity contribution in [3.63, 3.8) is 0 Å². The van der Waals surface area contributed by atoms with Crippen LogP contribution in [0.4, 0.5) is 11.4 Å². The smallest absolute Gasteiger partial charge is 0.178 e. The molecule has 48 heavy (non-hydrogen) atoms. The van der Waals surface area contributed by atoms with Crippen LogP contribution < -0.4 is 14.5 Å². The van der Waals surface area contributed by atoms with Gasteiger partial charge in [0.1, 0.15) is 5.75 Å². The fraction of sp³-hybridized carbons (Fsp3) is 0.333. The van der Waals surface area contributed by atoms with Crippen molar-refractivity contribution in [2.75, 3.05) is 36.0 Å². The number of fused-ring (bicyclic) bond motifs is 6. The molecule has 0 radical (unpaired) electrons. The summed E-state index contributed by atoms with van der Waals surface area (Å²) < 4.78 is 7.59. The average Bonchev–Trinajstić information content (AvgIpc) is 3.90. The van der Waals surface area contributed by atoms with Crippen molar-refractivity contribution in [1.82, 2.24) is 0 Å². The number of anilines is 2. The number of ether oxygens (including phenoxy) is 1. The maximum Gasteiger partial charge on any atom is 0.178 e. The van der Waals surface area contributed by atoms with Crippen LogP contribution in [0.25, 0.3) is 22.4 Å². The highest BCUT2D eigenvalue weighted by atomic mass is 16.5. The lowest BCUT2D eigenvalue weighted by Crippen LogP contribution is -2.35. The van der Waals surface area contributed by atoms with Gasteiger partial charge in [-0.25, -0.2) is 0 Å². The molecule has 3 heteroatoms. The van der Waals surface area contributed by atoms with E-state index in [0.717, 1.165) is 55.9 Å². The molecule has 1 aliphatic carbocycles. The lowest BCUT2D eigenvalue weighted by atomic mass is 9.76. The van der Waals surface area contributed by atoms with Gasteiger partial charge in [0.25, 0.3) is 0 Å². The molecule has 4 aromatic carbocycles. The zero-order valence-electron chi connectivity index (χ0n) is 28.9. The Labute approximate surface area is 286 Å². The number of nitrogens with zero attached hydrogens (tertiary/aromatic N) is 2. The van der Waals surface area contributed by atoms with E-state index in [1.54, 1.807) is 0 Å². The number of benzene rings is 4. The Bertz CT molecular complexity index is 1890. The Hall–Kier alpha value is -4.50. The molecule has 4 aromatic rings. The van der Waals surface area contributed by atoms with Crippen molar-refractivity contribution in [3.8, 4) is 5.75 Å². The summed E-state index contributed by atoms with van der Waals surface area (Å²) in [7, 11) is 0. The molecule has 3 nitrogen and oxygen atoms in total. The van der Waals surface area contributed by atoms with Gasteiger partial charge in [-0.05, 0) is 103 Å². The lowest BCUT2D eigenvalue weighted by molar-refractivity contribution is 0.163. The van der Waals surface area contributed by atoms with Gasteiger partial charge in [-0.2, -0.15) is 0 Å². The summed E-state index contributed by atoms with van der Waals surface area (Å²) in [6, 6.07) is 27.3. The summed E-state index contributed by atoms with van der Waals surface area (Å²) in [5, 5.41) is 2.44. The highest BCUT2D eigenvalue weighted by molar-refractivity contribution is 6.06. The van der Waals surface area contributed by atoms with E-state index in [2.05, 4.69) is 140 Å². The van der Waals surface area contributed by atoms with E-state index in [9.17, 15) is 0 Å². The first-order valence-electron chi connectivity index (χ1n) is 18.1. The van der Waals surface area contributed by atoms with E-state index in [1.165, 1.54) is 75.7 Å². The maximum absolute atomic E-state index is 7.59. The van der Waals surface area contributed by atoms with Gasteiger partial charge in [0.2, 0.25) is 0 Å². The maximum atomic E-state index is 7.59. The Morgan fingerprint density at radius 3 is 1.88 bits per heavy atom. The largest absolute Gasteiger partial charge is 0.472 e. The summed E-state index contributed by atoms with van der Waals surface area (Å²) in [5.74, 6) is 0.977. The summed E-state index contributed by atoms with van der Waals surface area (Å²) in [6.07, 6.45) is 18.3. The molecule has 0 atom stereocenters. The van der Waals surface area contributed by atoms with Gasteiger partial charge in [-0.3, -0.25) is 0 Å². The molecule has 0 saturated carbocycles. The van der Waals surface area contributed by atoms with E-state index in [-0.39, 0.29) is 5.41 Å². The summed E-state index contributed by atoms with van der Waals surface area (Å²) >= 11 is 0. The first-order valence-corrected chi connectivity index (χ1v) is 18.1. The van der Waals surface area contributed by atoms with Crippen LogP contribution in [0.2, 0.25) is 0 Å². The van der Waals surface area contributed by atoms with Crippen LogP contribution in [0, 0.1) is 0 Å². The highest BCUT2D eigenvalue weighted by Crippen LogP contribution is 2.57. The Morgan fingerprint density at radius 2 is 1.33 bits per heavy atom. The standard InChI is InChI=1S/C45H48N2O/c1-5-7-8-17-38-40(6-2)44(3,4)42-39-26-27-45(32-18-22-34(23-19-32)46-28-11-12-29-46,33-20-24-35(25-21-33)47-30-13-14-31-47)48-43(39)37-16-10-9-15-36(37)41(38)42/h5-7,9-10,15-16,18-27H,2,8,11-14,17,28-31H2,1,3-4H3. The van der Waals surface area contributed by atoms with E-state index in [0.29, 0.717) is 0 Å². The van der Waals surface area contributed by atoms with Crippen molar-refractivity contribution in [2.24, 2.45) is 0 Å². The molecule has 0 unspecified atom stereocenters. The number of hydrogen-bond donors (Lipinski definition) is 0. The zero-order chi connectivity index (χ0) is 32.9. The molecule has 0 bridgehead atoms. The van der Waals surface area contributed by atoms with Crippen LogP contribution in [0.1, 0.15) is 87.1 Å². The molecule has 4 aliphatic rings. The monoisotopic (exact) mass is 632 g/mol. The van der Waals surface area contributed by atoms with Crippen LogP contribution in [0.15, 0.2) is 109 Å². The van der Waals surface area contributed by atoms with E-state index in [1.807, 2.05) is 0 Å². The van der Waals surface area contributed by atoms with Crippen molar-refractivity contribution in [1.29, 1.82) is 0 Å². The Kier molecular flexibility index (Phi) is 7.82. The second-order valence-corrected chi connectivity index (χ2v) is 14.5. The minimum Gasteiger partial charge on any atom is -0.472 e. The summed E-state index contributed by atoms with van der Waals surface area (Å²) in [5.41, 5.74) is 10.6. The minimum atomic E-state index is -0.761. The van der Waals surface area contributed by atoms with Crippen molar-refractivity contribution in [3.05, 3.63) is 137 Å². The second kappa shape index (κ2) is 12.2. The van der Waals surface area contributed by atoms with Crippen molar-refractivity contribution in [2.45, 2.75) is 70.3 Å². The minimum absolute atomic E-state index is 0.196. The van der Waals surface area contributed by atoms with Crippen LogP contribution in [0.5, 0.6) is 5.75 Å². The van der Waals surface area contributed by atoms with Gasteiger partial charge >= 0.3 is 0 Å². The predicted octanol–water partition coefficient (Wildman–Crippen LogP) is 11.0. The molecule has 0 spiro atoms. The van der Waals surface area contributed by atoms with Crippen molar-refractivity contribution < 1.29 is 4.74 Å². The van der Waals surface area contributed by atoms with Gasteiger partial charge < -0.3 is 14.5 Å². The van der Waals surface area contributed by atoms with Gasteiger partial charge in [-0.15, -0.1) is 0 Å². The lowest BCUT2D eigenvalue weighted by Gasteiger charge is -2.39. The van der Waals surface area contributed by atoms with Crippen LogP contribution in [0.3, 0.4) is 0 Å². The Morgan fingerprint density at radius 1 is 0.771 bits per heavy atom. The molecule has 3 aliphatic heterocycles. The summed E-state index contributed by atoms with van der Waals surface area (Å²) in [4.78, 5) is 5.01. The molecule has 2 fully saturated rings. The van der Waals surface area contributed by atoms with Crippen LogP contribution in [-0.4, -0.2) is 26.2 Å². The van der Waals surface area contributed by atoms with E-state index in [4.69, 9.17) is 4.74 Å². The molecule has 2 saturated heterocycles. The summed E-state index contributed by atoms with van der Waals surface area (Å²) in [6.45, 7) is 15.7. The van der Waals surface area contributed by atoms with Gasteiger partial charge in [0, 0.05) is 65.0 Å². The fourth-order valence-electron chi connectivity index (χ4n) is 9.00. The SMILES string of the molecule is C=CC1=C(CCC=CC)c2c(c3c(c4ccccc24)OC(c2ccc(N4CCCC4)cc2)(c2ccc(N4CCCC4)cc2)C=C3)C1(C)C. The third kappa shape index (κ3) is 4.85. The van der Waals surface area contributed by atoms with Gasteiger partial charge in [0.05, 0.1) is 0 Å². The average molecular weight is 633 g/mol. The first-order chi connectivity index (χ1) is 23.5. The third-order valence-electron chi connectivity index (χ3n) is 11.4. The van der Waals surface area contributed by atoms with Gasteiger partial charge in [0.15, 0.2) is 5.60 Å². The quantitative estimate of drug-likeness (QED) is 0.180. The van der Waals surface area contributed by atoms with E-state index < -0.39 is 5.60 Å². The molecular weight excluding hydrogens is 585 g/mol. The molecule has 0 N–H and O–H groups in total. The first kappa shape index (κ1) is 30.8. The fourth-order valence-corrected chi connectivity index (χ4v) is 9.00. The Balaban J connectivity index is 1.31. The zero-order valence-corrected chi connectivity index (χ0v) is 28.9. The van der Waals surface area contributed by atoms with Crippen LogP contribution in [-0.2, 0) is 11.0 Å². The molecule has 0 aromatic heterocycles. The van der Waals surface area contributed by atoms with Crippen LogP contribution >= 0.6 is 0 Å².